The first-order valence-corrected chi connectivity index (χ1v) is 10.8. The molecular weight excluding hydrogens is 386 g/mol. The monoisotopic (exact) mass is 419 g/mol. The summed E-state index contributed by atoms with van der Waals surface area (Å²) in [5.74, 6) is 0.801. The molecule has 1 aliphatic carbocycles. The molecule has 1 aromatic rings. The topological polar surface area (TPSA) is 90.0 Å². The Kier molecular flexibility index (Phi) is 7.90. The molecule has 0 radical (unpaired) electrons. The average molecular weight is 420 g/mol. The van der Waals surface area contributed by atoms with Gasteiger partial charge in [0.15, 0.2) is 0 Å². The van der Waals surface area contributed by atoms with Gasteiger partial charge in [0.1, 0.15) is 11.9 Å². The van der Waals surface area contributed by atoms with Crippen LogP contribution in [0.2, 0.25) is 0 Å². The molecule has 0 bridgehead atoms. The van der Waals surface area contributed by atoms with Crippen molar-refractivity contribution in [3.8, 4) is 5.75 Å². The lowest BCUT2D eigenvalue weighted by atomic mass is 10.1. The van der Waals surface area contributed by atoms with Crippen LogP contribution in [0.1, 0.15) is 62.9 Å². The Bertz CT molecular complexity index is 731. The van der Waals surface area contributed by atoms with E-state index in [1.54, 1.807) is 7.11 Å². The van der Waals surface area contributed by atoms with Crippen molar-refractivity contribution >= 4 is 12.0 Å². The number of hydrogen-bond acceptors (Lipinski definition) is 6. The minimum atomic E-state index is -0.444. The Morgan fingerprint density at radius 1 is 1.27 bits per heavy atom. The first kappa shape index (κ1) is 22.3. The van der Waals surface area contributed by atoms with E-state index in [0.717, 1.165) is 43.5 Å². The number of pyridine rings is 1. The van der Waals surface area contributed by atoms with Crippen molar-refractivity contribution in [2.75, 3.05) is 27.4 Å². The van der Waals surface area contributed by atoms with E-state index in [-0.39, 0.29) is 24.1 Å². The fourth-order valence-electron chi connectivity index (χ4n) is 3.91. The van der Waals surface area contributed by atoms with Crippen LogP contribution >= 0.6 is 0 Å². The van der Waals surface area contributed by atoms with Crippen LogP contribution in [-0.4, -0.2) is 61.4 Å². The molecule has 2 atom stereocenters. The summed E-state index contributed by atoms with van der Waals surface area (Å²) in [5, 5.41) is 2.67. The highest BCUT2D eigenvalue weighted by molar-refractivity contribution is 5.82. The summed E-state index contributed by atoms with van der Waals surface area (Å²) in [5.41, 5.74) is 1.67. The number of amides is 2. The average Bonchev–Trinajstić information content (AvgIpc) is 3.62. The first-order chi connectivity index (χ1) is 14.5. The predicted octanol–water partition coefficient (Wildman–Crippen LogP) is 3.00. The molecule has 0 unspecified atom stereocenters. The molecule has 1 N–H and O–H groups in total. The highest BCUT2D eigenvalue weighted by Gasteiger charge is 2.40. The first-order valence-electron chi connectivity index (χ1n) is 10.8. The smallest absolute Gasteiger partial charge is 0.406 e. The zero-order valence-electron chi connectivity index (χ0n) is 18.2. The minimum absolute atomic E-state index is 0.0890. The quantitative estimate of drug-likeness (QED) is 0.619. The molecule has 1 saturated carbocycles. The molecule has 166 valence electrons. The van der Waals surface area contributed by atoms with Crippen LogP contribution in [0.25, 0.3) is 0 Å². The van der Waals surface area contributed by atoms with E-state index in [4.69, 9.17) is 14.5 Å². The van der Waals surface area contributed by atoms with Gasteiger partial charge in [0.25, 0.3) is 5.91 Å². The summed E-state index contributed by atoms with van der Waals surface area (Å²) < 4.78 is 15.8. The van der Waals surface area contributed by atoms with Gasteiger partial charge in [-0.05, 0) is 64.0 Å². The summed E-state index contributed by atoms with van der Waals surface area (Å²) in [6.45, 7) is 3.19. The van der Waals surface area contributed by atoms with E-state index < -0.39 is 6.09 Å². The molecule has 2 aliphatic rings. The van der Waals surface area contributed by atoms with Crippen LogP contribution in [-0.2, 0) is 20.7 Å². The Morgan fingerprint density at radius 2 is 2.07 bits per heavy atom. The molecular formula is C22H33N3O5. The number of ether oxygens (including phenoxy) is 3. The van der Waals surface area contributed by atoms with Crippen molar-refractivity contribution in [2.45, 2.75) is 70.1 Å². The summed E-state index contributed by atoms with van der Waals surface area (Å²) >= 11 is 0. The number of nitrogens with zero attached hydrogens (tertiary/aromatic N) is 2. The molecule has 8 heteroatoms. The molecule has 2 fully saturated rings. The fraction of sp³-hybridized carbons (Fsp3) is 0.682. The molecule has 0 spiro atoms. The number of methoxy groups -OCH3 is 2. The second-order valence-corrected chi connectivity index (χ2v) is 7.91. The zero-order valence-corrected chi connectivity index (χ0v) is 18.2. The third kappa shape index (κ3) is 5.62. The van der Waals surface area contributed by atoms with Crippen LogP contribution in [0, 0.1) is 0 Å². The van der Waals surface area contributed by atoms with Crippen LogP contribution < -0.4 is 10.1 Å². The van der Waals surface area contributed by atoms with Crippen molar-refractivity contribution in [3.63, 3.8) is 0 Å². The van der Waals surface area contributed by atoms with Crippen LogP contribution in [0.5, 0.6) is 5.75 Å². The lowest BCUT2D eigenvalue weighted by Crippen LogP contribution is -2.44. The van der Waals surface area contributed by atoms with Crippen molar-refractivity contribution in [2.24, 2.45) is 0 Å². The van der Waals surface area contributed by atoms with Crippen LogP contribution in [0.15, 0.2) is 12.1 Å². The zero-order chi connectivity index (χ0) is 21.5. The standard InChI is InChI=1S/C22H33N3O5/c1-15(25(16-9-10-16)21(26)20-8-4-5-14-30-20)17-11-12-19(28-2)18(24-17)7-6-13-23-22(27)29-3/h11-12,15-16,20H,4-10,13-14H2,1-3H3,(H,23,27)/t15-,20-/m1/s1. The highest BCUT2D eigenvalue weighted by atomic mass is 16.5. The molecule has 1 saturated heterocycles. The van der Waals surface area contributed by atoms with Crippen molar-refractivity contribution in [3.05, 3.63) is 23.5 Å². The number of carbonyl (C=O) groups excluding carboxylic acids is 2. The van der Waals surface area contributed by atoms with E-state index in [9.17, 15) is 9.59 Å². The second kappa shape index (κ2) is 10.6. The fourth-order valence-corrected chi connectivity index (χ4v) is 3.91. The van der Waals surface area contributed by atoms with Gasteiger partial charge in [0, 0.05) is 19.2 Å². The van der Waals surface area contributed by atoms with Gasteiger partial charge >= 0.3 is 6.09 Å². The number of carbonyl (C=O) groups is 2. The third-order valence-electron chi connectivity index (χ3n) is 5.71. The number of rotatable bonds is 9. The van der Waals surface area contributed by atoms with Gasteiger partial charge in [-0.1, -0.05) is 0 Å². The van der Waals surface area contributed by atoms with Crippen molar-refractivity contribution in [1.29, 1.82) is 0 Å². The van der Waals surface area contributed by atoms with Gasteiger partial charge in [0.2, 0.25) is 0 Å². The maximum Gasteiger partial charge on any atom is 0.406 e. The molecule has 3 rings (SSSR count). The molecule has 30 heavy (non-hydrogen) atoms. The molecule has 0 aromatic carbocycles. The van der Waals surface area contributed by atoms with Gasteiger partial charge in [0.05, 0.1) is 31.6 Å². The minimum Gasteiger partial charge on any atom is -0.495 e. The summed E-state index contributed by atoms with van der Waals surface area (Å²) in [7, 11) is 2.97. The summed E-state index contributed by atoms with van der Waals surface area (Å²) in [4.78, 5) is 31.2. The maximum atomic E-state index is 13.2. The number of alkyl carbamates (subject to hydrolysis) is 1. The molecule has 1 aromatic heterocycles. The number of aryl methyl sites for hydroxylation is 1. The molecule has 8 nitrogen and oxygen atoms in total. The van der Waals surface area contributed by atoms with Gasteiger partial charge in [-0.2, -0.15) is 0 Å². The molecule has 2 heterocycles. The largest absolute Gasteiger partial charge is 0.495 e. The van der Waals surface area contributed by atoms with Crippen LogP contribution in [0.3, 0.4) is 0 Å². The van der Waals surface area contributed by atoms with E-state index in [1.807, 2.05) is 24.0 Å². The van der Waals surface area contributed by atoms with E-state index >= 15 is 0 Å². The molecule has 1 aliphatic heterocycles. The summed E-state index contributed by atoms with van der Waals surface area (Å²) in [6, 6.07) is 3.99. The van der Waals surface area contributed by atoms with E-state index in [1.165, 1.54) is 7.11 Å². The lowest BCUT2D eigenvalue weighted by Gasteiger charge is -2.34. The Labute approximate surface area is 178 Å². The second-order valence-electron chi connectivity index (χ2n) is 7.91. The predicted molar refractivity (Wildman–Crippen MR) is 111 cm³/mol. The Morgan fingerprint density at radius 3 is 2.70 bits per heavy atom. The normalized spacial score (nSPS) is 19.6. The molecule has 2 amide bonds. The van der Waals surface area contributed by atoms with Crippen LogP contribution in [0.4, 0.5) is 4.79 Å². The number of hydrogen-bond donors (Lipinski definition) is 1. The van der Waals surface area contributed by atoms with Gasteiger partial charge in [-0.3, -0.25) is 9.78 Å². The van der Waals surface area contributed by atoms with E-state index in [2.05, 4.69) is 10.1 Å². The summed E-state index contributed by atoms with van der Waals surface area (Å²) in [6.07, 6.45) is 5.50. The number of aromatic nitrogens is 1. The van der Waals surface area contributed by atoms with Gasteiger partial charge in [-0.15, -0.1) is 0 Å². The third-order valence-corrected chi connectivity index (χ3v) is 5.71. The van der Waals surface area contributed by atoms with Crippen molar-refractivity contribution < 1.29 is 23.8 Å². The highest BCUT2D eigenvalue weighted by Crippen LogP contribution is 2.36. The van der Waals surface area contributed by atoms with Gasteiger partial charge in [-0.25, -0.2) is 4.79 Å². The van der Waals surface area contributed by atoms with Gasteiger partial charge < -0.3 is 24.4 Å². The van der Waals surface area contributed by atoms with Crippen molar-refractivity contribution in [1.82, 2.24) is 15.2 Å². The maximum absolute atomic E-state index is 13.2. The van der Waals surface area contributed by atoms with E-state index in [0.29, 0.717) is 31.7 Å². The lowest BCUT2D eigenvalue weighted by molar-refractivity contribution is -0.149. The Balaban J connectivity index is 1.70. The number of nitrogens with one attached hydrogen (secondary N) is 1. The SMILES string of the molecule is COC(=O)NCCCc1nc([C@@H](C)N(C(=O)[C@H]2CCCCO2)C2CC2)ccc1OC. The Hall–Kier alpha value is -2.35.